The van der Waals surface area contributed by atoms with E-state index < -0.39 is 18.5 Å². The fourth-order valence-corrected chi connectivity index (χ4v) is 3.96. The van der Waals surface area contributed by atoms with E-state index in [9.17, 15) is 27.2 Å². The van der Waals surface area contributed by atoms with Crippen molar-refractivity contribution in [3.8, 4) is 0 Å². The summed E-state index contributed by atoms with van der Waals surface area (Å²) in [6.07, 6.45) is -3.25. The minimum atomic E-state index is -2.51. The van der Waals surface area contributed by atoms with Crippen LogP contribution < -0.4 is 10.2 Å². The predicted molar refractivity (Wildman–Crippen MR) is 164 cm³/mol. The van der Waals surface area contributed by atoms with Crippen LogP contribution in [0.2, 0.25) is 5.15 Å². The van der Waals surface area contributed by atoms with Gasteiger partial charge in [-0.2, -0.15) is 0 Å². The first-order valence-electron chi connectivity index (χ1n) is 14.5. The molecule has 2 aliphatic heterocycles. The lowest BCUT2D eigenvalue weighted by Gasteiger charge is -2.36. The number of halogens is 5. The Bertz CT molecular complexity index is 1180. The quantitative estimate of drug-likeness (QED) is 0.291. The minimum Gasteiger partial charge on any atom is -0.444 e. The number of nitrogens with one attached hydrogen (secondary N) is 1. The number of nitrogens with zero attached hydrogens (tertiary/aromatic N) is 5. The Morgan fingerprint density at radius 2 is 1.18 bits per heavy atom. The van der Waals surface area contributed by atoms with Crippen molar-refractivity contribution < 1.29 is 36.6 Å². The van der Waals surface area contributed by atoms with Crippen LogP contribution in [0.5, 0.6) is 0 Å². The second kappa shape index (κ2) is 17.3. The largest absolute Gasteiger partial charge is 0.444 e. The van der Waals surface area contributed by atoms with Crippen LogP contribution in [0.3, 0.4) is 0 Å². The molecule has 0 atom stereocenters. The highest BCUT2D eigenvalue weighted by molar-refractivity contribution is 6.29. The lowest BCUT2D eigenvalue weighted by Crippen LogP contribution is -2.50. The molecule has 0 spiro atoms. The summed E-state index contributed by atoms with van der Waals surface area (Å²) in [6.45, 7) is 16.6. The molecule has 2 saturated heterocycles. The summed E-state index contributed by atoms with van der Waals surface area (Å²) in [6, 6.07) is 5.56. The maximum atomic E-state index is 12.5. The van der Waals surface area contributed by atoms with Gasteiger partial charge in [0, 0.05) is 75.9 Å². The second-order valence-electron chi connectivity index (χ2n) is 12.1. The molecule has 1 N–H and O–H groups in total. The van der Waals surface area contributed by atoms with Gasteiger partial charge in [-0.3, -0.25) is 0 Å². The van der Waals surface area contributed by atoms with Gasteiger partial charge in [-0.25, -0.2) is 37.1 Å². The Balaban J connectivity index is 0.000000259. The molecule has 0 aromatic carbocycles. The molecule has 2 aromatic heterocycles. The summed E-state index contributed by atoms with van der Waals surface area (Å²) in [5, 5.41) is 3.41. The molecule has 2 amide bonds. The lowest BCUT2D eigenvalue weighted by molar-refractivity contribution is 0.0223. The zero-order chi connectivity index (χ0) is 33.8. The van der Waals surface area contributed by atoms with Crippen molar-refractivity contribution in [1.29, 1.82) is 0 Å². The van der Waals surface area contributed by atoms with Gasteiger partial charge >= 0.3 is 12.2 Å². The number of hydrogen-bond donors (Lipinski definition) is 1. The second-order valence-corrected chi connectivity index (χ2v) is 12.5. The monoisotopic (exact) mass is 662 g/mol. The van der Waals surface area contributed by atoms with E-state index in [0.717, 1.165) is 32.4 Å². The summed E-state index contributed by atoms with van der Waals surface area (Å²) in [4.78, 5) is 36.4. The number of amides is 2. The smallest absolute Gasteiger partial charge is 0.410 e. The Morgan fingerprint density at radius 1 is 0.733 bits per heavy atom. The van der Waals surface area contributed by atoms with E-state index in [4.69, 9.17) is 21.1 Å². The van der Waals surface area contributed by atoms with Crippen molar-refractivity contribution in [3.05, 3.63) is 52.9 Å². The maximum Gasteiger partial charge on any atom is 0.410 e. The molecule has 45 heavy (non-hydrogen) atoms. The van der Waals surface area contributed by atoms with Gasteiger partial charge < -0.3 is 29.5 Å². The number of ether oxygens (including phenoxy) is 2. The highest BCUT2D eigenvalue weighted by atomic mass is 35.5. The van der Waals surface area contributed by atoms with Crippen LogP contribution in [0, 0.1) is 0 Å². The standard InChI is InChI=1S/C15H21F2N3O2.C9H18N2O2.C6H4ClF2N/c1-15(2,3)22-14(21)20-8-6-19(7-9-20)12-5-4-11(10-18-12)13(16)17;1-9(2,3)13-8(12)11-6-4-10-5-7-11;7-5-2-1-4(3-10-5)6(8)9/h4-5,10,13H,6-9H2,1-3H3;10H,4-7H2,1-3H3;1-3,6H. The van der Waals surface area contributed by atoms with Crippen molar-refractivity contribution in [2.24, 2.45) is 0 Å². The fourth-order valence-electron chi connectivity index (χ4n) is 3.85. The fraction of sp³-hybridized carbons (Fsp3) is 0.600. The molecule has 4 rings (SSSR count). The topological polar surface area (TPSA) is 100 Å². The molecule has 0 unspecified atom stereocenters. The number of hydrogen-bond acceptors (Lipinski definition) is 8. The van der Waals surface area contributed by atoms with Crippen LogP contribution in [0.1, 0.15) is 65.5 Å². The van der Waals surface area contributed by atoms with Crippen LogP contribution in [-0.2, 0) is 9.47 Å². The maximum absolute atomic E-state index is 12.5. The van der Waals surface area contributed by atoms with Crippen LogP contribution in [-0.4, -0.2) is 95.5 Å². The number of pyridine rings is 2. The third kappa shape index (κ3) is 14.5. The van der Waals surface area contributed by atoms with Gasteiger partial charge in [0.1, 0.15) is 22.2 Å². The zero-order valence-corrected chi connectivity index (χ0v) is 27.3. The first kappa shape index (κ1) is 37.8. The Morgan fingerprint density at radius 3 is 1.56 bits per heavy atom. The highest BCUT2D eigenvalue weighted by Crippen LogP contribution is 2.21. The summed E-state index contributed by atoms with van der Waals surface area (Å²) < 4.78 is 59.2. The Hall–Kier alpha value is -3.39. The molecular formula is C30H43ClF4N6O4. The number of rotatable bonds is 3. The van der Waals surface area contributed by atoms with Gasteiger partial charge in [-0.15, -0.1) is 0 Å². The van der Waals surface area contributed by atoms with Crippen molar-refractivity contribution in [2.45, 2.75) is 65.6 Å². The van der Waals surface area contributed by atoms with E-state index >= 15 is 0 Å². The van der Waals surface area contributed by atoms with E-state index in [1.54, 1.807) is 15.9 Å². The first-order chi connectivity index (χ1) is 20.9. The van der Waals surface area contributed by atoms with Crippen LogP contribution >= 0.6 is 11.6 Å². The summed E-state index contributed by atoms with van der Waals surface area (Å²) in [7, 11) is 0. The molecule has 0 saturated carbocycles. The molecule has 2 fully saturated rings. The lowest BCUT2D eigenvalue weighted by atomic mass is 10.2. The van der Waals surface area contributed by atoms with Gasteiger partial charge in [0.2, 0.25) is 0 Å². The number of alkyl halides is 4. The summed E-state index contributed by atoms with van der Waals surface area (Å²) >= 11 is 5.36. The van der Waals surface area contributed by atoms with Gasteiger partial charge in [-0.05, 0) is 65.8 Å². The summed E-state index contributed by atoms with van der Waals surface area (Å²) in [5.74, 6) is 0.647. The number of piperazine rings is 2. The number of anilines is 1. The minimum absolute atomic E-state index is 0.0869. The molecule has 4 heterocycles. The molecule has 2 aromatic rings. The van der Waals surface area contributed by atoms with Crippen LogP contribution in [0.25, 0.3) is 0 Å². The van der Waals surface area contributed by atoms with Gasteiger partial charge in [-0.1, -0.05) is 11.6 Å². The number of carbonyl (C=O) groups is 2. The molecule has 0 bridgehead atoms. The van der Waals surface area contributed by atoms with Gasteiger partial charge in [0.15, 0.2) is 0 Å². The van der Waals surface area contributed by atoms with Gasteiger partial charge in [0.05, 0.1) is 0 Å². The van der Waals surface area contributed by atoms with Gasteiger partial charge in [0.25, 0.3) is 12.9 Å². The SMILES string of the molecule is CC(C)(C)OC(=O)N1CCN(c2ccc(C(F)F)cn2)CC1.CC(C)(C)OC(=O)N1CCNCC1.FC(F)c1ccc(Cl)nc1. The average molecular weight is 663 g/mol. The molecule has 10 nitrogen and oxygen atoms in total. The number of carbonyl (C=O) groups excluding carboxylic acids is 2. The van der Waals surface area contributed by atoms with E-state index in [1.807, 2.05) is 46.4 Å². The highest BCUT2D eigenvalue weighted by Gasteiger charge is 2.26. The van der Waals surface area contributed by atoms with Crippen molar-refractivity contribution in [3.63, 3.8) is 0 Å². The Kier molecular flexibility index (Phi) is 14.6. The summed E-state index contributed by atoms with van der Waals surface area (Å²) in [5.41, 5.74) is -1.09. The molecular weight excluding hydrogens is 620 g/mol. The van der Waals surface area contributed by atoms with Crippen LogP contribution in [0.4, 0.5) is 33.0 Å². The van der Waals surface area contributed by atoms with Crippen molar-refractivity contribution in [2.75, 3.05) is 57.3 Å². The molecule has 15 heteroatoms. The van der Waals surface area contributed by atoms with Crippen molar-refractivity contribution in [1.82, 2.24) is 25.1 Å². The molecule has 0 radical (unpaired) electrons. The Labute approximate surface area is 267 Å². The van der Waals surface area contributed by atoms with E-state index in [2.05, 4.69) is 15.3 Å². The zero-order valence-electron chi connectivity index (χ0n) is 26.5. The average Bonchev–Trinajstić information content (AvgIpc) is 2.97. The molecule has 2 aliphatic rings. The predicted octanol–water partition coefficient (Wildman–Crippen LogP) is 6.58. The third-order valence-corrected chi connectivity index (χ3v) is 6.27. The first-order valence-corrected chi connectivity index (χ1v) is 14.9. The normalized spacial score (nSPS) is 15.5. The van der Waals surface area contributed by atoms with E-state index in [-0.39, 0.29) is 34.1 Å². The number of aromatic nitrogens is 2. The van der Waals surface area contributed by atoms with E-state index in [0.29, 0.717) is 32.0 Å². The third-order valence-electron chi connectivity index (χ3n) is 6.05. The van der Waals surface area contributed by atoms with Crippen LogP contribution in [0.15, 0.2) is 36.7 Å². The van der Waals surface area contributed by atoms with Crippen molar-refractivity contribution >= 4 is 29.6 Å². The molecule has 252 valence electrons. The van der Waals surface area contributed by atoms with E-state index in [1.165, 1.54) is 24.4 Å². The molecule has 0 aliphatic carbocycles.